The lowest BCUT2D eigenvalue weighted by Crippen LogP contribution is -2.14. The zero-order chi connectivity index (χ0) is 27.0. The molecule has 1 aromatic heterocycles. The van der Waals surface area contributed by atoms with Gasteiger partial charge >= 0.3 is 5.63 Å². The summed E-state index contributed by atoms with van der Waals surface area (Å²) in [6.07, 6.45) is 15.9. The zero-order valence-corrected chi connectivity index (χ0v) is 24.0. The van der Waals surface area contributed by atoms with Crippen LogP contribution in [0, 0.1) is 0 Å². The van der Waals surface area contributed by atoms with Gasteiger partial charge in [-0.2, -0.15) is 0 Å². The van der Waals surface area contributed by atoms with Gasteiger partial charge in [0.1, 0.15) is 17.9 Å². The van der Waals surface area contributed by atoms with Crippen LogP contribution in [0.1, 0.15) is 106 Å². The Morgan fingerprint density at radius 3 is 2.30 bits per heavy atom. The Labute approximate surface area is 223 Å². The van der Waals surface area contributed by atoms with E-state index in [1.807, 2.05) is 26.0 Å². The van der Waals surface area contributed by atoms with Crippen molar-refractivity contribution in [2.45, 2.75) is 112 Å². The van der Waals surface area contributed by atoms with Crippen molar-refractivity contribution in [3.63, 3.8) is 0 Å². The van der Waals surface area contributed by atoms with Crippen LogP contribution in [0.2, 0.25) is 0 Å². The summed E-state index contributed by atoms with van der Waals surface area (Å²) < 4.78 is 23.5. The molecule has 0 aliphatic heterocycles. The molecular weight excluding hydrogens is 464 g/mol. The van der Waals surface area contributed by atoms with Gasteiger partial charge in [-0.1, -0.05) is 69.1 Å². The molecule has 206 valence electrons. The number of unbranched alkanes of at least 4 members (excludes halogenated alkanes) is 7. The molecule has 37 heavy (non-hydrogen) atoms. The van der Waals surface area contributed by atoms with Crippen LogP contribution in [0.4, 0.5) is 0 Å². The Morgan fingerprint density at radius 1 is 0.919 bits per heavy atom. The minimum Gasteiger partial charge on any atom is -0.489 e. The lowest BCUT2D eigenvalue weighted by atomic mass is 10.1. The maximum atomic E-state index is 12.8. The number of hydrogen-bond donors (Lipinski definition) is 0. The molecular formula is C32H48O5. The van der Waals surface area contributed by atoms with Gasteiger partial charge in [0.15, 0.2) is 5.75 Å². The zero-order valence-electron chi connectivity index (χ0n) is 24.0. The van der Waals surface area contributed by atoms with E-state index in [2.05, 4.69) is 39.8 Å². The van der Waals surface area contributed by atoms with Gasteiger partial charge in [-0.15, -0.1) is 0 Å². The van der Waals surface area contributed by atoms with Crippen molar-refractivity contribution in [1.82, 2.24) is 0 Å². The lowest BCUT2D eigenvalue weighted by Gasteiger charge is -2.16. The summed E-state index contributed by atoms with van der Waals surface area (Å²) in [5, 5.41) is 0.708. The van der Waals surface area contributed by atoms with Crippen LogP contribution in [0.15, 0.2) is 50.7 Å². The predicted octanol–water partition coefficient (Wildman–Crippen LogP) is 9.17. The highest BCUT2D eigenvalue weighted by Crippen LogP contribution is 2.35. The molecule has 1 aromatic carbocycles. The third kappa shape index (κ3) is 11.5. The first kappa shape index (κ1) is 30.5. The van der Waals surface area contributed by atoms with Crippen LogP contribution in [0.25, 0.3) is 11.0 Å². The average molecular weight is 513 g/mol. The molecule has 5 nitrogen and oxygen atoms in total. The maximum Gasteiger partial charge on any atom is 0.383 e. The molecule has 0 radical (unpaired) electrons. The molecule has 0 fully saturated rings. The quantitative estimate of drug-likeness (QED) is 0.113. The number of benzene rings is 1. The van der Waals surface area contributed by atoms with Gasteiger partial charge in [0.25, 0.3) is 0 Å². The second kappa shape index (κ2) is 16.9. The molecule has 0 N–H and O–H groups in total. The molecule has 0 atom stereocenters. The van der Waals surface area contributed by atoms with Crippen molar-refractivity contribution in [2.24, 2.45) is 0 Å². The smallest absolute Gasteiger partial charge is 0.383 e. The van der Waals surface area contributed by atoms with Crippen LogP contribution in [-0.2, 0) is 0 Å². The molecule has 0 bridgehead atoms. The maximum absolute atomic E-state index is 12.8. The first-order chi connectivity index (χ1) is 17.8. The molecule has 0 unspecified atom stereocenters. The van der Waals surface area contributed by atoms with E-state index in [4.69, 9.17) is 18.6 Å². The summed E-state index contributed by atoms with van der Waals surface area (Å²) in [6, 6.07) is 5.50. The second-order valence-corrected chi connectivity index (χ2v) is 10.4. The van der Waals surface area contributed by atoms with Gasteiger partial charge in [0.2, 0.25) is 5.75 Å². The fraction of sp³-hybridized carbons (Fsp3) is 0.594. The Kier molecular flexibility index (Phi) is 14.0. The van der Waals surface area contributed by atoms with Crippen LogP contribution in [0.3, 0.4) is 0 Å². The Balaban J connectivity index is 2.03. The highest BCUT2D eigenvalue weighted by molar-refractivity contribution is 5.86. The van der Waals surface area contributed by atoms with E-state index in [0.29, 0.717) is 35.7 Å². The van der Waals surface area contributed by atoms with Gasteiger partial charge in [-0.05, 0) is 72.1 Å². The normalized spacial score (nSPS) is 11.7. The molecule has 2 aromatic rings. The Hall–Kier alpha value is -2.69. The SMILES string of the molecule is CCCCCCCCCCOc1c(OC(C)C)c2ccc(OCC=C(C)CCC=C(C)C)cc2oc1=O. The van der Waals surface area contributed by atoms with Gasteiger partial charge in [-0.25, -0.2) is 4.79 Å². The largest absolute Gasteiger partial charge is 0.489 e. The molecule has 0 aliphatic carbocycles. The minimum absolute atomic E-state index is 0.106. The van der Waals surface area contributed by atoms with Crippen molar-refractivity contribution < 1.29 is 18.6 Å². The molecule has 5 heteroatoms. The fourth-order valence-corrected chi connectivity index (χ4v) is 4.08. The summed E-state index contributed by atoms with van der Waals surface area (Å²) in [7, 11) is 0. The Morgan fingerprint density at radius 2 is 1.62 bits per heavy atom. The van der Waals surface area contributed by atoms with E-state index in [0.717, 1.165) is 25.7 Å². The topological polar surface area (TPSA) is 57.9 Å². The highest BCUT2D eigenvalue weighted by atomic mass is 16.5. The van der Waals surface area contributed by atoms with E-state index in [9.17, 15) is 4.79 Å². The second-order valence-electron chi connectivity index (χ2n) is 10.4. The van der Waals surface area contributed by atoms with E-state index in [-0.39, 0.29) is 11.9 Å². The molecule has 2 rings (SSSR count). The van der Waals surface area contributed by atoms with E-state index in [1.54, 1.807) is 6.07 Å². The molecule has 0 aliphatic rings. The standard InChI is InChI=1S/C32H48O5/c1-7-8-9-10-11-12-13-14-21-35-31-30(36-25(4)5)28-19-18-27(23-29(28)37-32(31)33)34-22-20-26(6)17-15-16-24(2)3/h16,18-20,23,25H,7-15,17,21-22H2,1-6H3. The van der Waals surface area contributed by atoms with Gasteiger partial charge in [0, 0.05) is 6.07 Å². The van der Waals surface area contributed by atoms with Crippen LogP contribution in [-0.4, -0.2) is 19.3 Å². The van der Waals surface area contributed by atoms with Crippen molar-refractivity contribution >= 4 is 11.0 Å². The predicted molar refractivity (Wildman–Crippen MR) is 154 cm³/mol. The summed E-state index contributed by atoms with van der Waals surface area (Å²) in [5.41, 5.74) is 2.54. The van der Waals surface area contributed by atoms with Crippen LogP contribution in [0.5, 0.6) is 17.2 Å². The van der Waals surface area contributed by atoms with Crippen molar-refractivity contribution in [2.75, 3.05) is 13.2 Å². The highest BCUT2D eigenvalue weighted by Gasteiger charge is 2.19. The first-order valence-electron chi connectivity index (χ1n) is 14.1. The summed E-state index contributed by atoms with van der Waals surface area (Å²) in [4.78, 5) is 12.8. The molecule has 0 saturated carbocycles. The summed E-state index contributed by atoms with van der Waals surface area (Å²) in [5.74, 6) is 1.25. The van der Waals surface area contributed by atoms with Gasteiger partial charge in [-0.3, -0.25) is 0 Å². The van der Waals surface area contributed by atoms with Crippen LogP contribution >= 0.6 is 0 Å². The summed E-state index contributed by atoms with van der Waals surface area (Å²) >= 11 is 0. The molecule has 0 saturated heterocycles. The van der Waals surface area contributed by atoms with E-state index in [1.165, 1.54) is 49.7 Å². The van der Waals surface area contributed by atoms with Gasteiger partial charge in [0.05, 0.1) is 18.1 Å². The third-order valence-electron chi connectivity index (χ3n) is 6.16. The average Bonchev–Trinajstić information content (AvgIpc) is 2.83. The first-order valence-corrected chi connectivity index (χ1v) is 14.1. The van der Waals surface area contributed by atoms with Crippen LogP contribution < -0.4 is 19.8 Å². The fourth-order valence-electron chi connectivity index (χ4n) is 4.08. The molecule has 0 amide bonds. The molecule has 1 heterocycles. The third-order valence-corrected chi connectivity index (χ3v) is 6.16. The van der Waals surface area contributed by atoms with Gasteiger partial charge < -0.3 is 18.6 Å². The number of allylic oxidation sites excluding steroid dienone is 3. The van der Waals surface area contributed by atoms with Crippen molar-refractivity contribution in [1.29, 1.82) is 0 Å². The lowest BCUT2D eigenvalue weighted by molar-refractivity contribution is 0.216. The minimum atomic E-state index is -0.519. The number of hydrogen-bond acceptors (Lipinski definition) is 5. The number of fused-ring (bicyclic) bond motifs is 1. The van der Waals surface area contributed by atoms with Crippen molar-refractivity contribution in [3.05, 3.63) is 51.9 Å². The summed E-state index contributed by atoms with van der Waals surface area (Å²) in [6.45, 7) is 13.4. The monoisotopic (exact) mass is 512 g/mol. The Bertz CT molecular complexity index is 1060. The van der Waals surface area contributed by atoms with E-state index < -0.39 is 5.63 Å². The number of rotatable bonds is 18. The van der Waals surface area contributed by atoms with Crippen molar-refractivity contribution in [3.8, 4) is 17.2 Å². The number of ether oxygens (including phenoxy) is 3. The molecule has 0 spiro atoms. The van der Waals surface area contributed by atoms with E-state index >= 15 is 0 Å².